The lowest BCUT2D eigenvalue weighted by molar-refractivity contribution is -0.132. The van der Waals surface area contributed by atoms with Crippen LogP contribution in [0.4, 0.5) is 11.4 Å². The van der Waals surface area contributed by atoms with Gasteiger partial charge in [-0.1, -0.05) is 45.0 Å². The lowest BCUT2D eigenvalue weighted by Crippen LogP contribution is -2.29. The number of amides is 1. The molecule has 3 aromatic carbocycles. The molecule has 1 heterocycles. The fourth-order valence-electron chi connectivity index (χ4n) is 4.47. The Morgan fingerprint density at radius 2 is 1.57 bits per heavy atom. The Morgan fingerprint density at radius 1 is 0.946 bits per heavy atom. The van der Waals surface area contributed by atoms with Gasteiger partial charge in [0, 0.05) is 31.0 Å². The molecule has 0 bridgehead atoms. The van der Waals surface area contributed by atoms with Gasteiger partial charge in [0.15, 0.2) is 0 Å². The first-order valence-corrected chi connectivity index (χ1v) is 12.6. The Labute approximate surface area is 218 Å². The average Bonchev–Trinajstić information content (AvgIpc) is 3.17. The second kappa shape index (κ2) is 10.9. The standard InChI is InChI=1S/C31H34N2O4/c1-6-19-37-26-17-11-23(12-18-26)29(34)27-28(22-9-7-21(8-10-22)20(2)3)33(31(36)30(27)35)25-15-13-24(14-16-25)32(4)5/h7-18,20,28,34H,6,19H2,1-5H3/b29-27+. The molecule has 1 atom stereocenters. The van der Waals surface area contributed by atoms with Crippen LogP contribution in [-0.2, 0) is 9.59 Å². The molecule has 1 aliphatic heterocycles. The number of ether oxygens (including phenoxy) is 1. The molecule has 37 heavy (non-hydrogen) atoms. The summed E-state index contributed by atoms with van der Waals surface area (Å²) in [7, 11) is 3.88. The van der Waals surface area contributed by atoms with Gasteiger partial charge in [0.1, 0.15) is 11.5 Å². The van der Waals surface area contributed by atoms with E-state index in [2.05, 4.69) is 13.8 Å². The highest BCUT2D eigenvalue weighted by Gasteiger charge is 2.47. The second-order valence-electron chi connectivity index (χ2n) is 9.77. The zero-order chi connectivity index (χ0) is 26.7. The van der Waals surface area contributed by atoms with E-state index in [-0.39, 0.29) is 11.3 Å². The van der Waals surface area contributed by atoms with E-state index in [1.165, 1.54) is 4.90 Å². The van der Waals surface area contributed by atoms with E-state index in [1.807, 2.05) is 74.4 Å². The van der Waals surface area contributed by atoms with Crippen molar-refractivity contribution in [2.45, 2.75) is 39.2 Å². The van der Waals surface area contributed by atoms with Crippen LogP contribution >= 0.6 is 0 Å². The monoisotopic (exact) mass is 498 g/mol. The number of carbonyl (C=O) groups is 2. The fourth-order valence-corrected chi connectivity index (χ4v) is 4.47. The van der Waals surface area contributed by atoms with Gasteiger partial charge in [-0.15, -0.1) is 0 Å². The summed E-state index contributed by atoms with van der Waals surface area (Å²) >= 11 is 0. The Morgan fingerprint density at radius 3 is 2.11 bits per heavy atom. The van der Waals surface area contributed by atoms with E-state index in [0.717, 1.165) is 23.2 Å². The van der Waals surface area contributed by atoms with Crippen molar-refractivity contribution in [3.05, 3.63) is 95.1 Å². The summed E-state index contributed by atoms with van der Waals surface area (Å²) in [4.78, 5) is 30.3. The number of hydrogen-bond donors (Lipinski definition) is 1. The Bertz CT molecular complexity index is 1290. The van der Waals surface area contributed by atoms with Gasteiger partial charge in [0.2, 0.25) is 0 Å². The van der Waals surface area contributed by atoms with Crippen molar-refractivity contribution < 1.29 is 19.4 Å². The highest BCUT2D eigenvalue weighted by molar-refractivity contribution is 6.51. The van der Waals surface area contributed by atoms with Crippen molar-refractivity contribution in [3.63, 3.8) is 0 Å². The quantitative estimate of drug-likeness (QED) is 0.224. The first-order chi connectivity index (χ1) is 17.7. The molecular formula is C31H34N2O4. The van der Waals surface area contributed by atoms with Crippen molar-refractivity contribution in [2.24, 2.45) is 0 Å². The molecule has 1 aliphatic rings. The van der Waals surface area contributed by atoms with Gasteiger partial charge >= 0.3 is 0 Å². The van der Waals surface area contributed by atoms with Gasteiger partial charge in [-0.3, -0.25) is 14.5 Å². The molecule has 1 saturated heterocycles. The molecule has 1 fully saturated rings. The van der Waals surface area contributed by atoms with E-state index in [0.29, 0.717) is 29.5 Å². The van der Waals surface area contributed by atoms with E-state index >= 15 is 0 Å². The molecule has 6 nitrogen and oxygen atoms in total. The minimum atomic E-state index is -0.762. The van der Waals surface area contributed by atoms with Crippen molar-refractivity contribution in [1.29, 1.82) is 0 Å². The molecule has 0 spiro atoms. The number of carbonyl (C=O) groups excluding carboxylic acids is 2. The van der Waals surface area contributed by atoms with Gasteiger partial charge in [-0.05, 0) is 72.0 Å². The maximum Gasteiger partial charge on any atom is 0.300 e. The van der Waals surface area contributed by atoms with Crippen LogP contribution in [0.1, 0.15) is 55.8 Å². The molecular weight excluding hydrogens is 464 g/mol. The SMILES string of the molecule is CCCOc1ccc(/C(O)=C2\C(=O)C(=O)N(c3ccc(N(C)C)cc3)C2c2ccc(C(C)C)cc2)cc1. The van der Waals surface area contributed by atoms with Gasteiger partial charge in [0.25, 0.3) is 11.7 Å². The number of ketones is 1. The van der Waals surface area contributed by atoms with Crippen molar-refractivity contribution in [1.82, 2.24) is 0 Å². The predicted octanol–water partition coefficient (Wildman–Crippen LogP) is 6.29. The molecule has 0 saturated carbocycles. The van der Waals surface area contributed by atoms with E-state index in [4.69, 9.17) is 4.74 Å². The molecule has 192 valence electrons. The number of aliphatic hydroxyl groups is 1. The summed E-state index contributed by atoms with van der Waals surface area (Å²) in [6.07, 6.45) is 0.885. The van der Waals surface area contributed by atoms with Crippen molar-refractivity contribution in [3.8, 4) is 5.75 Å². The number of nitrogens with zero attached hydrogens (tertiary/aromatic N) is 2. The third-order valence-electron chi connectivity index (χ3n) is 6.61. The summed E-state index contributed by atoms with van der Waals surface area (Å²) in [5, 5.41) is 11.4. The average molecular weight is 499 g/mol. The second-order valence-corrected chi connectivity index (χ2v) is 9.77. The number of Topliss-reactive ketones (excluding diaryl/α,β-unsaturated/α-hetero) is 1. The van der Waals surface area contributed by atoms with Crippen LogP contribution in [0, 0.1) is 0 Å². The van der Waals surface area contributed by atoms with Crippen LogP contribution in [0.2, 0.25) is 0 Å². The topological polar surface area (TPSA) is 70.1 Å². The van der Waals surface area contributed by atoms with E-state index < -0.39 is 17.7 Å². The van der Waals surface area contributed by atoms with Crippen LogP contribution in [0.3, 0.4) is 0 Å². The minimum absolute atomic E-state index is 0.0706. The first kappa shape index (κ1) is 26.0. The number of rotatable bonds is 8. The van der Waals surface area contributed by atoms with Gasteiger partial charge < -0.3 is 14.7 Å². The molecule has 1 amide bonds. The Hall–Kier alpha value is -4.06. The lowest BCUT2D eigenvalue weighted by atomic mass is 9.93. The maximum atomic E-state index is 13.4. The van der Waals surface area contributed by atoms with Crippen LogP contribution in [0.25, 0.3) is 5.76 Å². The number of aliphatic hydroxyl groups excluding tert-OH is 1. The molecule has 3 aromatic rings. The summed E-state index contributed by atoms with van der Waals surface area (Å²) in [5.41, 5.74) is 4.00. The first-order valence-electron chi connectivity index (χ1n) is 12.6. The fraction of sp³-hybridized carbons (Fsp3) is 0.290. The van der Waals surface area contributed by atoms with Gasteiger partial charge in [-0.2, -0.15) is 0 Å². The molecule has 4 rings (SSSR count). The third-order valence-corrected chi connectivity index (χ3v) is 6.61. The molecule has 6 heteroatoms. The molecule has 1 unspecified atom stereocenters. The Balaban J connectivity index is 1.83. The van der Waals surface area contributed by atoms with E-state index in [1.54, 1.807) is 24.3 Å². The number of benzene rings is 3. The highest BCUT2D eigenvalue weighted by Crippen LogP contribution is 2.42. The zero-order valence-corrected chi connectivity index (χ0v) is 22.1. The van der Waals surface area contributed by atoms with Gasteiger partial charge in [-0.25, -0.2) is 0 Å². The van der Waals surface area contributed by atoms with Crippen LogP contribution in [0.15, 0.2) is 78.4 Å². The smallest absolute Gasteiger partial charge is 0.300 e. The third kappa shape index (κ3) is 5.24. The summed E-state index contributed by atoms with van der Waals surface area (Å²) in [6, 6.07) is 21.5. The highest BCUT2D eigenvalue weighted by atomic mass is 16.5. The lowest BCUT2D eigenvalue weighted by Gasteiger charge is -2.26. The predicted molar refractivity (Wildman–Crippen MR) is 148 cm³/mol. The summed E-state index contributed by atoms with van der Waals surface area (Å²) < 4.78 is 5.65. The molecule has 0 radical (unpaired) electrons. The zero-order valence-electron chi connectivity index (χ0n) is 22.1. The van der Waals surface area contributed by atoms with Gasteiger partial charge in [0.05, 0.1) is 18.2 Å². The van der Waals surface area contributed by atoms with Crippen molar-refractivity contribution in [2.75, 3.05) is 30.5 Å². The summed E-state index contributed by atoms with van der Waals surface area (Å²) in [6.45, 7) is 6.85. The maximum absolute atomic E-state index is 13.4. The molecule has 1 N–H and O–H groups in total. The largest absolute Gasteiger partial charge is 0.507 e. The minimum Gasteiger partial charge on any atom is -0.507 e. The molecule has 0 aromatic heterocycles. The number of anilines is 2. The van der Waals surface area contributed by atoms with E-state index in [9.17, 15) is 14.7 Å². The van der Waals surface area contributed by atoms with Crippen LogP contribution < -0.4 is 14.5 Å². The normalized spacial score (nSPS) is 16.9. The Kier molecular flexibility index (Phi) is 7.67. The summed E-state index contributed by atoms with van der Waals surface area (Å²) in [5.74, 6) is -0.558. The van der Waals surface area contributed by atoms with Crippen LogP contribution in [-0.4, -0.2) is 37.5 Å². The van der Waals surface area contributed by atoms with Crippen LogP contribution in [0.5, 0.6) is 5.75 Å². The number of hydrogen-bond acceptors (Lipinski definition) is 5. The van der Waals surface area contributed by atoms with Crippen molar-refractivity contribution >= 4 is 28.8 Å². The molecule has 0 aliphatic carbocycles.